The molecule has 0 aliphatic rings. The first kappa shape index (κ1) is 17.2. The van der Waals surface area contributed by atoms with Crippen molar-refractivity contribution in [3.63, 3.8) is 0 Å². The zero-order valence-electron chi connectivity index (χ0n) is 13.7. The number of hydrogen-bond donors (Lipinski definition) is 1. The van der Waals surface area contributed by atoms with Gasteiger partial charge in [0.25, 0.3) is 0 Å². The van der Waals surface area contributed by atoms with Gasteiger partial charge in [-0.05, 0) is 29.8 Å². The van der Waals surface area contributed by atoms with Crippen LogP contribution >= 0.6 is 11.8 Å². The van der Waals surface area contributed by atoms with Gasteiger partial charge in [-0.2, -0.15) is 0 Å². The summed E-state index contributed by atoms with van der Waals surface area (Å²) in [4.78, 5) is 17.8. The van der Waals surface area contributed by atoms with Crippen molar-refractivity contribution in [3.05, 3.63) is 84.2 Å². The zero-order chi connectivity index (χ0) is 17.6. The Morgan fingerprint density at radius 1 is 1.24 bits per heavy atom. The van der Waals surface area contributed by atoms with Crippen LogP contribution in [0.25, 0.3) is 0 Å². The molecule has 0 spiro atoms. The molecular formula is C19H18FN3OS. The number of benzene rings is 2. The fourth-order valence-corrected chi connectivity index (χ4v) is 3.24. The number of rotatable bonds is 6. The van der Waals surface area contributed by atoms with Crippen LogP contribution in [0.4, 0.5) is 4.39 Å². The molecule has 6 heteroatoms. The number of halogens is 1. The molecule has 1 amide bonds. The normalized spacial score (nSPS) is 11.9. The number of hydrogen-bond acceptors (Lipinski definition) is 3. The molecule has 4 nitrogen and oxygen atoms in total. The number of carbonyl (C=O) groups is 1. The molecule has 0 bridgehead atoms. The molecule has 1 heterocycles. The zero-order valence-corrected chi connectivity index (χ0v) is 14.5. The van der Waals surface area contributed by atoms with Gasteiger partial charge in [-0.25, -0.2) is 9.37 Å². The van der Waals surface area contributed by atoms with Gasteiger partial charge in [-0.3, -0.25) is 4.79 Å². The fraction of sp³-hybridized carbons (Fsp3) is 0.158. The molecule has 25 heavy (non-hydrogen) atoms. The van der Waals surface area contributed by atoms with E-state index in [2.05, 4.69) is 10.3 Å². The van der Waals surface area contributed by atoms with Crippen LogP contribution in [0, 0.1) is 5.82 Å². The predicted molar refractivity (Wildman–Crippen MR) is 96.8 cm³/mol. The topological polar surface area (TPSA) is 46.9 Å². The van der Waals surface area contributed by atoms with Crippen LogP contribution in [-0.4, -0.2) is 21.2 Å². The van der Waals surface area contributed by atoms with Gasteiger partial charge >= 0.3 is 0 Å². The van der Waals surface area contributed by atoms with Gasteiger partial charge < -0.3 is 9.88 Å². The Hall–Kier alpha value is -2.60. The Kier molecular flexibility index (Phi) is 5.50. The average molecular weight is 355 g/mol. The van der Waals surface area contributed by atoms with Crippen molar-refractivity contribution in [2.45, 2.75) is 10.9 Å². The smallest absolute Gasteiger partial charge is 0.231 e. The molecule has 128 valence electrons. The SMILES string of the molecule is Cn1ccnc1C(NC(=O)CSc1ccccc1)c1cccc(F)c1. The highest BCUT2D eigenvalue weighted by Gasteiger charge is 2.21. The van der Waals surface area contributed by atoms with Crippen molar-refractivity contribution < 1.29 is 9.18 Å². The third-order valence-electron chi connectivity index (χ3n) is 3.72. The van der Waals surface area contributed by atoms with E-state index in [4.69, 9.17) is 0 Å². The van der Waals surface area contributed by atoms with E-state index < -0.39 is 6.04 Å². The van der Waals surface area contributed by atoms with Gasteiger partial charge in [0, 0.05) is 24.3 Å². The van der Waals surface area contributed by atoms with Crippen molar-refractivity contribution in [3.8, 4) is 0 Å². The monoisotopic (exact) mass is 355 g/mol. The molecule has 1 N–H and O–H groups in total. The van der Waals surface area contributed by atoms with Crippen LogP contribution < -0.4 is 5.32 Å². The second-order valence-corrected chi connectivity index (χ2v) is 6.60. The number of amides is 1. The summed E-state index contributed by atoms with van der Waals surface area (Å²) in [6, 6.07) is 15.4. The molecule has 0 aliphatic carbocycles. The van der Waals surface area contributed by atoms with Gasteiger partial charge in [-0.15, -0.1) is 11.8 Å². The average Bonchev–Trinajstić information content (AvgIpc) is 3.04. The summed E-state index contributed by atoms with van der Waals surface area (Å²) in [6.45, 7) is 0. The Balaban J connectivity index is 1.76. The maximum atomic E-state index is 13.6. The summed E-state index contributed by atoms with van der Waals surface area (Å²) in [5, 5.41) is 2.96. The van der Waals surface area contributed by atoms with Gasteiger partial charge in [0.15, 0.2) is 0 Å². The van der Waals surface area contributed by atoms with Crippen molar-refractivity contribution in [2.75, 3.05) is 5.75 Å². The first-order valence-corrected chi connectivity index (χ1v) is 8.82. The minimum atomic E-state index is -0.500. The standard InChI is InChI=1S/C19H18FN3OS/c1-23-11-10-21-19(23)18(14-6-5-7-15(20)12-14)22-17(24)13-25-16-8-3-2-4-9-16/h2-12,18H,13H2,1H3,(H,22,24). The molecule has 1 atom stereocenters. The molecule has 1 aromatic heterocycles. The molecule has 0 fully saturated rings. The molecule has 0 aliphatic heterocycles. The molecule has 2 aromatic carbocycles. The van der Waals surface area contributed by atoms with Crippen molar-refractivity contribution in [1.82, 2.24) is 14.9 Å². The quantitative estimate of drug-likeness (QED) is 0.688. The first-order chi connectivity index (χ1) is 12.1. The number of carbonyl (C=O) groups excluding carboxylic acids is 1. The van der Waals surface area contributed by atoms with E-state index >= 15 is 0 Å². The highest BCUT2D eigenvalue weighted by atomic mass is 32.2. The Morgan fingerprint density at radius 2 is 2.04 bits per heavy atom. The van der Waals surface area contributed by atoms with Crippen molar-refractivity contribution in [1.29, 1.82) is 0 Å². The fourth-order valence-electron chi connectivity index (χ4n) is 2.51. The van der Waals surface area contributed by atoms with E-state index in [1.165, 1.54) is 23.9 Å². The molecule has 3 rings (SSSR count). The van der Waals surface area contributed by atoms with E-state index in [9.17, 15) is 9.18 Å². The van der Waals surface area contributed by atoms with Crippen LogP contribution in [0.15, 0.2) is 71.9 Å². The minimum Gasteiger partial charge on any atom is -0.341 e. The molecule has 3 aromatic rings. The largest absolute Gasteiger partial charge is 0.341 e. The maximum Gasteiger partial charge on any atom is 0.231 e. The summed E-state index contributed by atoms with van der Waals surface area (Å²) in [5.41, 5.74) is 0.660. The third-order valence-corrected chi connectivity index (χ3v) is 4.73. The summed E-state index contributed by atoms with van der Waals surface area (Å²) in [7, 11) is 1.85. The van der Waals surface area contributed by atoms with Crippen LogP contribution in [0.3, 0.4) is 0 Å². The first-order valence-electron chi connectivity index (χ1n) is 7.83. The van der Waals surface area contributed by atoms with Gasteiger partial charge in [0.05, 0.1) is 5.75 Å². The molecule has 0 radical (unpaired) electrons. The van der Waals surface area contributed by atoms with Gasteiger partial charge in [0.2, 0.25) is 5.91 Å². The van der Waals surface area contributed by atoms with E-state index in [0.717, 1.165) is 4.90 Å². The van der Waals surface area contributed by atoms with Crippen LogP contribution in [0.2, 0.25) is 0 Å². The minimum absolute atomic E-state index is 0.133. The summed E-state index contributed by atoms with van der Waals surface area (Å²) < 4.78 is 15.5. The lowest BCUT2D eigenvalue weighted by Crippen LogP contribution is -2.32. The molecule has 0 saturated carbocycles. The third kappa shape index (κ3) is 4.48. The number of aromatic nitrogens is 2. The number of thioether (sulfide) groups is 1. The van der Waals surface area contributed by atoms with E-state index in [0.29, 0.717) is 11.4 Å². The molecular weight excluding hydrogens is 337 g/mol. The number of aryl methyl sites for hydroxylation is 1. The number of imidazole rings is 1. The lowest BCUT2D eigenvalue weighted by atomic mass is 10.1. The number of nitrogens with zero attached hydrogens (tertiary/aromatic N) is 2. The Morgan fingerprint density at radius 3 is 2.72 bits per heavy atom. The van der Waals surface area contributed by atoms with E-state index in [-0.39, 0.29) is 17.5 Å². The van der Waals surface area contributed by atoms with E-state index in [1.807, 2.05) is 41.9 Å². The van der Waals surface area contributed by atoms with Crippen LogP contribution in [-0.2, 0) is 11.8 Å². The highest BCUT2D eigenvalue weighted by Crippen LogP contribution is 2.22. The predicted octanol–water partition coefficient (Wildman–Crippen LogP) is 3.56. The second-order valence-electron chi connectivity index (χ2n) is 5.55. The highest BCUT2D eigenvalue weighted by molar-refractivity contribution is 8.00. The van der Waals surface area contributed by atoms with Crippen molar-refractivity contribution in [2.24, 2.45) is 7.05 Å². The van der Waals surface area contributed by atoms with Gasteiger partial charge in [-0.1, -0.05) is 30.3 Å². The lowest BCUT2D eigenvalue weighted by molar-refractivity contribution is -0.119. The Bertz CT molecular complexity index is 851. The second kappa shape index (κ2) is 7.98. The number of nitrogens with one attached hydrogen (secondary N) is 1. The summed E-state index contributed by atoms with van der Waals surface area (Å²) in [5.74, 6) is 0.458. The lowest BCUT2D eigenvalue weighted by Gasteiger charge is -2.19. The molecule has 0 saturated heterocycles. The summed E-state index contributed by atoms with van der Waals surface area (Å²) >= 11 is 1.46. The molecule has 1 unspecified atom stereocenters. The van der Waals surface area contributed by atoms with Gasteiger partial charge in [0.1, 0.15) is 17.7 Å². The van der Waals surface area contributed by atoms with Crippen molar-refractivity contribution >= 4 is 17.7 Å². The Labute approximate surface area is 150 Å². The summed E-state index contributed by atoms with van der Waals surface area (Å²) in [6.07, 6.45) is 3.46. The van der Waals surface area contributed by atoms with Crippen LogP contribution in [0.5, 0.6) is 0 Å². The maximum absolute atomic E-state index is 13.6. The van der Waals surface area contributed by atoms with E-state index in [1.54, 1.807) is 24.5 Å². The van der Waals surface area contributed by atoms with Crippen LogP contribution in [0.1, 0.15) is 17.4 Å².